The number of nitrogens with zero attached hydrogens (tertiary/aromatic N) is 1. The maximum absolute atomic E-state index is 12.4. The molecule has 1 heterocycles. The Morgan fingerprint density at radius 2 is 1.88 bits per heavy atom. The summed E-state index contributed by atoms with van der Waals surface area (Å²) in [7, 11) is 0. The first-order valence-electron chi connectivity index (χ1n) is 9.54. The van der Waals surface area contributed by atoms with Crippen molar-refractivity contribution < 1.29 is 14.3 Å². The van der Waals surface area contributed by atoms with Gasteiger partial charge in [-0.15, -0.1) is 12.4 Å². The van der Waals surface area contributed by atoms with Gasteiger partial charge in [-0.1, -0.05) is 19.1 Å². The number of hydrogen-bond acceptors (Lipinski definition) is 4. The van der Waals surface area contributed by atoms with Crippen molar-refractivity contribution in [1.29, 1.82) is 0 Å². The lowest BCUT2D eigenvalue weighted by molar-refractivity contribution is -0.133. The number of piperidine rings is 1. The molecule has 1 aromatic rings. The van der Waals surface area contributed by atoms with Gasteiger partial charge in [0.25, 0.3) is 0 Å². The Bertz CT molecular complexity index is 502. The summed E-state index contributed by atoms with van der Waals surface area (Å²) < 4.78 is 11.4. The molecule has 0 aliphatic carbocycles. The highest BCUT2D eigenvalue weighted by Crippen LogP contribution is 2.17. The maximum atomic E-state index is 12.4. The molecule has 0 aromatic heterocycles. The number of amides is 1. The zero-order chi connectivity index (χ0) is 17.9. The zero-order valence-electron chi connectivity index (χ0n) is 15.8. The van der Waals surface area contributed by atoms with Crippen LogP contribution in [0.4, 0.5) is 0 Å². The van der Waals surface area contributed by atoms with Crippen molar-refractivity contribution in [2.75, 3.05) is 32.8 Å². The Hall–Kier alpha value is -1.30. The van der Waals surface area contributed by atoms with Gasteiger partial charge in [-0.2, -0.15) is 0 Å². The largest absolute Gasteiger partial charge is 0.494 e. The van der Waals surface area contributed by atoms with Crippen LogP contribution in [-0.2, 0) is 16.0 Å². The minimum Gasteiger partial charge on any atom is -0.494 e. The second-order valence-electron chi connectivity index (χ2n) is 6.59. The molecule has 2 rings (SSSR count). The second kappa shape index (κ2) is 13.0. The van der Waals surface area contributed by atoms with Crippen LogP contribution in [0.2, 0.25) is 0 Å². The van der Waals surface area contributed by atoms with Gasteiger partial charge in [-0.25, -0.2) is 0 Å². The van der Waals surface area contributed by atoms with Gasteiger partial charge < -0.3 is 20.1 Å². The van der Waals surface area contributed by atoms with E-state index in [4.69, 9.17) is 15.2 Å². The topological polar surface area (TPSA) is 64.8 Å². The summed E-state index contributed by atoms with van der Waals surface area (Å²) in [5, 5.41) is 0. The molecule has 5 nitrogen and oxygen atoms in total. The number of carbonyl (C=O) groups is 1. The molecular weight excluding hydrogens is 352 g/mol. The van der Waals surface area contributed by atoms with Crippen LogP contribution >= 0.6 is 12.4 Å². The fourth-order valence-electron chi connectivity index (χ4n) is 2.99. The quantitative estimate of drug-likeness (QED) is 0.629. The molecule has 1 aromatic carbocycles. The third kappa shape index (κ3) is 7.94. The predicted octanol–water partition coefficient (Wildman–Crippen LogP) is 3.19. The molecule has 1 fully saturated rings. The molecule has 1 aliphatic rings. The third-order valence-electron chi connectivity index (χ3n) is 4.52. The molecule has 1 amide bonds. The van der Waals surface area contributed by atoms with Crippen LogP contribution in [0.5, 0.6) is 5.75 Å². The molecule has 0 unspecified atom stereocenters. The number of carbonyl (C=O) groups excluding carboxylic acids is 1. The number of nitrogens with two attached hydrogens (primary N) is 1. The minimum absolute atomic E-state index is 0. The van der Waals surface area contributed by atoms with Crippen LogP contribution in [0.3, 0.4) is 0 Å². The zero-order valence-corrected chi connectivity index (χ0v) is 16.6. The highest BCUT2D eigenvalue weighted by Gasteiger charge is 2.22. The van der Waals surface area contributed by atoms with Gasteiger partial charge in [-0.05, 0) is 56.3 Å². The number of hydrogen-bond donors (Lipinski definition) is 1. The molecule has 0 radical (unpaired) electrons. The molecule has 6 heteroatoms. The maximum Gasteiger partial charge on any atom is 0.222 e. The smallest absolute Gasteiger partial charge is 0.222 e. The molecule has 1 aliphatic heterocycles. The Kier molecular flexibility index (Phi) is 11.3. The summed E-state index contributed by atoms with van der Waals surface area (Å²) in [4.78, 5) is 14.4. The molecule has 148 valence electrons. The fourth-order valence-corrected chi connectivity index (χ4v) is 2.99. The van der Waals surface area contributed by atoms with Crippen molar-refractivity contribution in [3.05, 3.63) is 29.8 Å². The van der Waals surface area contributed by atoms with Crippen LogP contribution in [-0.4, -0.2) is 49.8 Å². The fraction of sp³-hybridized carbons (Fsp3) is 0.650. The van der Waals surface area contributed by atoms with E-state index in [0.717, 1.165) is 64.2 Å². The second-order valence-corrected chi connectivity index (χ2v) is 6.59. The van der Waals surface area contributed by atoms with Gasteiger partial charge in [0.1, 0.15) is 5.75 Å². The van der Waals surface area contributed by atoms with Crippen molar-refractivity contribution in [2.24, 2.45) is 5.73 Å². The monoisotopic (exact) mass is 384 g/mol. The Morgan fingerprint density at radius 1 is 1.19 bits per heavy atom. The lowest BCUT2D eigenvalue weighted by Crippen LogP contribution is -2.41. The highest BCUT2D eigenvalue weighted by atomic mass is 35.5. The number of benzene rings is 1. The normalized spacial score (nSPS) is 14.8. The van der Waals surface area contributed by atoms with E-state index in [9.17, 15) is 4.79 Å². The van der Waals surface area contributed by atoms with E-state index in [-0.39, 0.29) is 24.4 Å². The van der Waals surface area contributed by atoms with Crippen molar-refractivity contribution in [3.8, 4) is 5.75 Å². The first-order chi connectivity index (χ1) is 12.2. The molecule has 0 atom stereocenters. The summed E-state index contributed by atoms with van der Waals surface area (Å²) in [6, 6.07) is 8.07. The SMILES string of the molecule is CCCOc1ccc(CCC(=O)N2CCC(OCCCN)CC2)cc1.Cl. The van der Waals surface area contributed by atoms with E-state index in [1.54, 1.807) is 0 Å². The van der Waals surface area contributed by atoms with Crippen LogP contribution in [0.25, 0.3) is 0 Å². The van der Waals surface area contributed by atoms with Gasteiger partial charge in [0.2, 0.25) is 5.91 Å². The number of aryl methyl sites for hydroxylation is 1. The van der Waals surface area contributed by atoms with E-state index in [1.165, 1.54) is 5.56 Å². The van der Waals surface area contributed by atoms with Crippen LogP contribution in [0.1, 0.15) is 44.6 Å². The molecule has 0 bridgehead atoms. The first kappa shape index (κ1) is 22.7. The summed E-state index contributed by atoms with van der Waals surface area (Å²) >= 11 is 0. The number of likely N-dealkylation sites (tertiary alicyclic amines) is 1. The van der Waals surface area contributed by atoms with Gasteiger partial charge in [0, 0.05) is 26.1 Å². The number of halogens is 1. The summed E-state index contributed by atoms with van der Waals surface area (Å²) in [6.07, 6.45) is 5.39. The van der Waals surface area contributed by atoms with Crippen molar-refractivity contribution in [3.63, 3.8) is 0 Å². The lowest BCUT2D eigenvalue weighted by atomic mass is 10.1. The Balaban J connectivity index is 0.00000338. The van der Waals surface area contributed by atoms with Crippen molar-refractivity contribution >= 4 is 18.3 Å². The first-order valence-corrected chi connectivity index (χ1v) is 9.54. The molecule has 26 heavy (non-hydrogen) atoms. The third-order valence-corrected chi connectivity index (χ3v) is 4.52. The van der Waals surface area contributed by atoms with Crippen LogP contribution in [0, 0.1) is 0 Å². The summed E-state index contributed by atoms with van der Waals surface area (Å²) in [5.41, 5.74) is 6.65. The average molecular weight is 385 g/mol. The van der Waals surface area contributed by atoms with Gasteiger partial charge in [-0.3, -0.25) is 4.79 Å². The van der Waals surface area contributed by atoms with E-state index in [0.29, 0.717) is 13.0 Å². The molecule has 1 saturated heterocycles. The van der Waals surface area contributed by atoms with E-state index in [1.807, 2.05) is 17.0 Å². The molecule has 0 saturated carbocycles. The molecule has 0 spiro atoms. The van der Waals surface area contributed by atoms with E-state index < -0.39 is 0 Å². The predicted molar refractivity (Wildman–Crippen MR) is 107 cm³/mol. The average Bonchev–Trinajstić information content (AvgIpc) is 2.66. The van der Waals surface area contributed by atoms with Crippen molar-refractivity contribution in [2.45, 2.75) is 51.6 Å². The van der Waals surface area contributed by atoms with Gasteiger partial charge >= 0.3 is 0 Å². The highest BCUT2D eigenvalue weighted by molar-refractivity contribution is 5.85. The van der Waals surface area contributed by atoms with Crippen LogP contribution < -0.4 is 10.5 Å². The Labute approximate surface area is 163 Å². The number of ether oxygens (including phenoxy) is 2. The number of rotatable bonds is 10. The Morgan fingerprint density at radius 3 is 2.50 bits per heavy atom. The summed E-state index contributed by atoms with van der Waals surface area (Å²) in [5.74, 6) is 1.14. The van der Waals surface area contributed by atoms with E-state index >= 15 is 0 Å². The minimum atomic E-state index is 0. The van der Waals surface area contributed by atoms with E-state index in [2.05, 4.69) is 19.1 Å². The van der Waals surface area contributed by atoms with Gasteiger partial charge in [0.05, 0.1) is 12.7 Å². The van der Waals surface area contributed by atoms with Crippen LogP contribution in [0.15, 0.2) is 24.3 Å². The molecule has 2 N–H and O–H groups in total. The summed E-state index contributed by atoms with van der Waals surface area (Å²) in [6.45, 7) is 5.83. The standard InChI is InChI=1S/C20H32N2O3.ClH/c1-2-15-24-18-7-4-17(5-8-18)6-9-20(23)22-13-10-19(11-14-22)25-16-3-12-21;/h4-5,7-8,19H,2-3,6,9-16,21H2,1H3;1H. The van der Waals surface area contributed by atoms with Crippen molar-refractivity contribution in [1.82, 2.24) is 4.90 Å². The van der Waals surface area contributed by atoms with Gasteiger partial charge in [0.15, 0.2) is 0 Å². The molecular formula is C20H33ClN2O3. The lowest BCUT2D eigenvalue weighted by Gasteiger charge is -2.32.